The van der Waals surface area contributed by atoms with Gasteiger partial charge in [0.15, 0.2) is 0 Å². The molecule has 1 heterocycles. The second-order valence-corrected chi connectivity index (χ2v) is 9.19. The molecule has 1 saturated heterocycles. The molecule has 1 aromatic rings. The Labute approximate surface area is 191 Å². The fraction of sp³-hybridized carbons (Fsp3) is 0.520. The summed E-state index contributed by atoms with van der Waals surface area (Å²) in [5, 5.41) is 3.08. The Morgan fingerprint density at radius 3 is 2.55 bits per heavy atom. The van der Waals surface area contributed by atoms with Crippen molar-refractivity contribution in [3.05, 3.63) is 59.2 Å². The summed E-state index contributed by atoms with van der Waals surface area (Å²) in [4.78, 5) is 27.0. The standard InChI is InChI=1S/C25H29F3N2O3/c1-15(17-5-7-18(8-6-17)24(32)33-2)29-23(31)21-12-9-19-13-22(19)30(21)14-16-3-10-20(11-4-16)25(26,27)28/h3-8,10,15,19-22H,9,11-14H2,1-2H3,(H,29,31)/t15-,19?,20?,21?,22?/m0/s1. The quantitative estimate of drug-likeness (QED) is 0.630. The molecular formula is C25H29F3N2O3. The van der Waals surface area contributed by atoms with E-state index in [1.165, 1.54) is 13.2 Å². The van der Waals surface area contributed by atoms with Gasteiger partial charge in [0, 0.05) is 12.6 Å². The zero-order valence-corrected chi connectivity index (χ0v) is 18.8. The molecule has 4 rings (SSSR count). The minimum Gasteiger partial charge on any atom is -0.465 e. The number of allylic oxidation sites excluding steroid dienone is 2. The smallest absolute Gasteiger partial charge is 0.395 e. The highest BCUT2D eigenvalue weighted by Gasteiger charge is 2.50. The van der Waals surface area contributed by atoms with E-state index in [1.807, 2.05) is 6.92 Å². The number of rotatable bonds is 6. The minimum absolute atomic E-state index is 0.0489. The van der Waals surface area contributed by atoms with Gasteiger partial charge in [-0.1, -0.05) is 30.4 Å². The topological polar surface area (TPSA) is 58.6 Å². The van der Waals surface area contributed by atoms with Gasteiger partial charge < -0.3 is 10.1 Å². The van der Waals surface area contributed by atoms with Crippen molar-refractivity contribution in [3.8, 4) is 0 Å². The van der Waals surface area contributed by atoms with Crippen LogP contribution in [0.5, 0.6) is 0 Å². The van der Waals surface area contributed by atoms with Crippen molar-refractivity contribution in [1.29, 1.82) is 0 Å². The molecule has 0 bridgehead atoms. The van der Waals surface area contributed by atoms with Crippen molar-refractivity contribution in [2.75, 3.05) is 13.7 Å². The van der Waals surface area contributed by atoms with Gasteiger partial charge in [-0.05, 0) is 61.8 Å². The van der Waals surface area contributed by atoms with E-state index in [4.69, 9.17) is 4.74 Å². The number of nitrogens with one attached hydrogen (secondary N) is 1. The number of methoxy groups -OCH3 is 1. The van der Waals surface area contributed by atoms with E-state index in [0.29, 0.717) is 24.1 Å². The van der Waals surface area contributed by atoms with Gasteiger partial charge in [0.05, 0.1) is 30.7 Å². The monoisotopic (exact) mass is 462 g/mol. The summed E-state index contributed by atoms with van der Waals surface area (Å²) < 4.78 is 43.5. The molecule has 5 nitrogen and oxygen atoms in total. The molecule has 2 fully saturated rings. The lowest BCUT2D eigenvalue weighted by Crippen LogP contribution is -2.51. The summed E-state index contributed by atoms with van der Waals surface area (Å²) in [5.74, 6) is -1.34. The van der Waals surface area contributed by atoms with E-state index < -0.39 is 18.1 Å². The second kappa shape index (κ2) is 9.33. The van der Waals surface area contributed by atoms with Crippen molar-refractivity contribution in [2.45, 2.75) is 56.9 Å². The van der Waals surface area contributed by atoms with Crippen LogP contribution >= 0.6 is 0 Å². The molecule has 8 heteroatoms. The van der Waals surface area contributed by atoms with Crippen LogP contribution < -0.4 is 5.32 Å². The number of likely N-dealkylation sites (tertiary alicyclic amines) is 1. The largest absolute Gasteiger partial charge is 0.465 e. The zero-order valence-electron chi connectivity index (χ0n) is 18.8. The zero-order chi connectivity index (χ0) is 23.8. The third-order valence-electron chi connectivity index (χ3n) is 6.98. The SMILES string of the molecule is COC(=O)c1ccc([C@H](C)NC(=O)C2CCC3CC3N2CC2=CCC(C(F)(F)F)C=C2)cc1. The van der Waals surface area contributed by atoms with Gasteiger partial charge in [-0.2, -0.15) is 13.2 Å². The first-order valence-corrected chi connectivity index (χ1v) is 11.4. The number of carbonyl (C=O) groups is 2. The number of hydrogen-bond donors (Lipinski definition) is 1. The van der Waals surface area contributed by atoms with Crippen LogP contribution in [0.15, 0.2) is 48.1 Å². The summed E-state index contributed by atoms with van der Waals surface area (Å²) in [5.41, 5.74) is 2.16. The molecule has 2 aliphatic carbocycles. The lowest BCUT2D eigenvalue weighted by molar-refractivity contribution is -0.160. The lowest BCUT2D eigenvalue weighted by Gasteiger charge is -2.36. The Hall–Kier alpha value is -2.61. The van der Waals surface area contributed by atoms with Crippen LogP contribution in [0.3, 0.4) is 0 Å². The third kappa shape index (κ3) is 5.32. The van der Waals surface area contributed by atoms with E-state index in [-0.39, 0.29) is 24.4 Å². The van der Waals surface area contributed by atoms with Gasteiger partial charge >= 0.3 is 12.1 Å². The Morgan fingerprint density at radius 2 is 1.94 bits per heavy atom. The maximum atomic E-state index is 13.2. The number of nitrogens with zero attached hydrogens (tertiary/aromatic N) is 1. The number of halogens is 3. The first-order chi connectivity index (χ1) is 15.7. The van der Waals surface area contributed by atoms with Crippen LogP contribution in [0.2, 0.25) is 0 Å². The highest BCUT2D eigenvalue weighted by Crippen LogP contribution is 2.46. The van der Waals surface area contributed by atoms with E-state index in [0.717, 1.165) is 30.4 Å². The lowest BCUT2D eigenvalue weighted by atomic mass is 9.94. The predicted octanol–water partition coefficient (Wildman–Crippen LogP) is 4.57. The predicted molar refractivity (Wildman–Crippen MR) is 117 cm³/mol. The number of hydrogen-bond acceptors (Lipinski definition) is 4. The highest BCUT2D eigenvalue weighted by molar-refractivity contribution is 5.89. The van der Waals surface area contributed by atoms with Gasteiger partial charge in [0.25, 0.3) is 0 Å². The van der Waals surface area contributed by atoms with E-state index in [2.05, 4.69) is 10.2 Å². The Bertz CT molecular complexity index is 955. The third-order valence-corrected chi connectivity index (χ3v) is 6.98. The van der Waals surface area contributed by atoms with Crippen LogP contribution in [0, 0.1) is 11.8 Å². The first-order valence-electron chi connectivity index (χ1n) is 11.4. The Morgan fingerprint density at radius 1 is 1.21 bits per heavy atom. The highest BCUT2D eigenvalue weighted by atomic mass is 19.4. The number of amides is 1. The van der Waals surface area contributed by atoms with Crippen LogP contribution in [0.1, 0.15) is 54.6 Å². The first kappa shape index (κ1) is 23.5. The molecule has 33 heavy (non-hydrogen) atoms. The summed E-state index contributed by atoms with van der Waals surface area (Å²) in [6, 6.07) is 6.69. The average Bonchev–Trinajstić information content (AvgIpc) is 3.59. The van der Waals surface area contributed by atoms with Gasteiger partial charge in [0.2, 0.25) is 5.91 Å². The number of piperidine rings is 1. The molecule has 1 aliphatic heterocycles. The molecule has 1 amide bonds. The molecule has 4 unspecified atom stereocenters. The minimum atomic E-state index is -4.22. The number of carbonyl (C=O) groups excluding carboxylic acids is 2. The Balaban J connectivity index is 1.39. The average molecular weight is 463 g/mol. The van der Waals surface area contributed by atoms with Crippen LogP contribution in [0.25, 0.3) is 0 Å². The molecule has 5 atom stereocenters. The maximum Gasteiger partial charge on any atom is 0.395 e. The van der Waals surface area contributed by atoms with Crippen molar-refractivity contribution in [1.82, 2.24) is 10.2 Å². The fourth-order valence-corrected chi connectivity index (χ4v) is 4.88. The molecular weight excluding hydrogens is 433 g/mol. The second-order valence-electron chi connectivity index (χ2n) is 9.19. The van der Waals surface area contributed by atoms with Gasteiger partial charge in [-0.3, -0.25) is 9.69 Å². The Kier molecular flexibility index (Phi) is 6.66. The maximum absolute atomic E-state index is 13.2. The summed E-state index contributed by atoms with van der Waals surface area (Å²) in [6.45, 7) is 2.38. The van der Waals surface area contributed by atoms with Gasteiger partial charge in [0.1, 0.15) is 0 Å². The number of fused-ring (bicyclic) bond motifs is 1. The summed E-state index contributed by atoms with van der Waals surface area (Å²) in [7, 11) is 1.33. The van der Waals surface area contributed by atoms with E-state index in [1.54, 1.807) is 36.4 Å². The number of alkyl halides is 3. The molecule has 0 radical (unpaired) electrons. The van der Waals surface area contributed by atoms with E-state index in [9.17, 15) is 22.8 Å². The summed E-state index contributed by atoms with van der Waals surface area (Å²) >= 11 is 0. The molecule has 1 aromatic carbocycles. The number of ether oxygens (including phenoxy) is 1. The molecule has 3 aliphatic rings. The van der Waals surface area contributed by atoms with E-state index >= 15 is 0 Å². The fourth-order valence-electron chi connectivity index (χ4n) is 4.88. The summed E-state index contributed by atoms with van der Waals surface area (Å²) in [6.07, 6.45) is 2.95. The van der Waals surface area contributed by atoms with Crippen molar-refractivity contribution >= 4 is 11.9 Å². The normalized spacial score (nSPS) is 27.8. The number of esters is 1. The van der Waals surface area contributed by atoms with Crippen molar-refractivity contribution in [3.63, 3.8) is 0 Å². The number of benzene rings is 1. The van der Waals surface area contributed by atoms with Crippen molar-refractivity contribution in [2.24, 2.45) is 11.8 Å². The molecule has 1 saturated carbocycles. The van der Waals surface area contributed by atoms with Crippen LogP contribution in [-0.2, 0) is 9.53 Å². The molecule has 0 aromatic heterocycles. The van der Waals surface area contributed by atoms with Gasteiger partial charge in [-0.25, -0.2) is 4.79 Å². The molecule has 178 valence electrons. The van der Waals surface area contributed by atoms with Crippen molar-refractivity contribution < 1.29 is 27.5 Å². The van der Waals surface area contributed by atoms with Gasteiger partial charge in [-0.15, -0.1) is 0 Å². The molecule has 1 N–H and O–H groups in total. The molecule has 0 spiro atoms. The van der Waals surface area contributed by atoms with Crippen LogP contribution in [0.4, 0.5) is 13.2 Å². The van der Waals surface area contributed by atoms with Crippen LogP contribution in [-0.4, -0.2) is 48.7 Å².